The van der Waals surface area contributed by atoms with E-state index in [-0.39, 0.29) is 0 Å². The SMILES string of the molecule is C1=CC2=C(CCC(CC3CCCC3)C2)n2c3c(c4cnccc42)CCC=C13. The minimum Gasteiger partial charge on any atom is -0.312 e. The van der Waals surface area contributed by atoms with Crippen LogP contribution in [0.5, 0.6) is 0 Å². The van der Waals surface area contributed by atoms with Crippen LogP contribution in [0.15, 0.2) is 42.3 Å². The first kappa shape index (κ1) is 15.9. The molecule has 0 bridgehead atoms. The first-order chi connectivity index (χ1) is 13.4. The van der Waals surface area contributed by atoms with Crippen LogP contribution in [0.2, 0.25) is 0 Å². The topological polar surface area (TPSA) is 17.8 Å². The third-order valence-electron chi connectivity index (χ3n) is 7.45. The molecule has 138 valence electrons. The van der Waals surface area contributed by atoms with Crippen LogP contribution in [-0.4, -0.2) is 9.55 Å². The molecule has 4 aliphatic rings. The number of pyridine rings is 1. The summed E-state index contributed by atoms with van der Waals surface area (Å²) in [5.74, 6) is 1.89. The molecule has 1 aliphatic heterocycles. The van der Waals surface area contributed by atoms with Gasteiger partial charge in [0.15, 0.2) is 0 Å². The zero-order valence-electron chi connectivity index (χ0n) is 16.1. The lowest BCUT2D eigenvalue weighted by Gasteiger charge is -2.29. The number of hydrogen-bond acceptors (Lipinski definition) is 1. The molecule has 6 rings (SSSR count). The maximum atomic E-state index is 4.44. The quantitative estimate of drug-likeness (QED) is 0.598. The van der Waals surface area contributed by atoms with Gasteiger partial charge in [0, 0.05) is 23.5 Å². The van der Waals surface area contributed by atoms with Crippen molar-refractivity contribution >= 4 is 22.2 Å². The van der Waals surface area contributed by atoms with Crippen LogP contribution in [0.1, 0.15) is 69.0 Å². The van der Waals surface area contributed by atoms with Gasteiger partial charge in [-0.15, -0.1) is 0 Å². The van der Waals surface area contributed by atoms with Crippen molar-refractivity contribution < 1.29 is 0 Å². The summed E-state index contributed by atoms with van der Waals surface area (Å²) in [5.41, 5.74) is 8.93. The van der Waals surface area contributed by atoms with Crippen molar-refractivity contribution in [3.63, 3.8) is 0 Å². The highest BCUT2D eigenvalue weighted by atomic mass is 15.0. The van der Waals surface area contributed by atoms with Gasteiger partial charge in [-0.3, -0.25) is 4.98 Å². The summed E-state index contributed by atoms with van der Waals surface area (Å²) in [4.78, 5) is 4.44. The maximum absolute atomic E-state index is 4.44. The summed E-state index contributed by atoms with van der Waals surface area (Å²) in [5, 5.41) is 1.37. The fraction of sp³-hybridized carbons (Fsp3) is 0.480. The Morgan fingerprint density at radius 2 is 1.96 bits per heavy atom. The molecule has 0 radical (unpaired) electrons. The van der Waals surface area contributed by atoms with Crippen molar-refractivity contribution in [3.8, 4) is 0 Å². The summed E-state index contributed by atoms with van der Waals surface area (Å²) < 4.78 is 2.61. The number of rotatable bonds is 2. The molecule has 1 atom stereocenters. The van der Waals surface area contributed by atoms with E-state index >= 15 is 0 Å². The third-order valence-corrected chi connectivity index (χ3v) is 7.45. The lowest BCUT2D eigenvalue weighted by atomic mass is 9.80. The monoisotopic (exact) mass is 356 g/mol. The van der Waals surface area contributed by atoms with Gasteiger partial charge in [-0.1, -0.05) is 43.9 Å². The lowest BCUT2D eigenvalue weighted by Crippen LogP contribution is -2.15. The smallest absolute Gasteiger partial charge is 0.0567 e. The Bertz CT molecular complexity index is 995. The first-order valence-corrected chi connectivity index (χ1v) is 11.0. The lowest BCUT2D eigenvalue weighted by molar-refractivity contribution is 0.349. The van der Waals surface area contributed by atoms with Crippen molar-refractivity contribution in [3.05, 3.63) is 53.5 Å². The predicted octanol–water partition coefficient (Wildman–Crippen LogP) is 6.53. The number of aromatic nitrogens is 2. The van der Waals surface area contributed by atoms with Crippen LogP contribution in [0.3, 0.4) is 0 Å². The largest absolute Gasteiger partial charge is 0.312 e. The molecule has 3 heterocycles. The van der Waals surface area contributed by atoms with Crippen LogP contribution in [0, 0.1) is 11.8 Å². The molecule has 0 saturated heterocycles. The highest BCUT2D eigenvalue weighted by Gasteiger charge is 2.30. The van der Waals surface area contributed by atoms with Crippen LogP contribution < -0.4 is 0 Å². The van der Waals surface area contributed by atoms with Gasteiger partial charge in [0.25, 0.3) is 0 Å². The van der Waals surface area contributed by atoms with E-state index in [1.807, 2.05) is 6.20 Å². The van der Waals surface area contributed by atoms with E-state index in [2.05, 4.69) is 40.0 Å². The minimum atomic E-state index is 0.888. The van der Waals surface area contributed by atoms with Crippen LogP contribution >= 0.6 is 0 Å². The van der Waals surface area contributed by atoms with Gasteiger partial charge in [-0.2, -0.15) is 0 Å². The molecule has 1 fully saturated rings. The molecular formula is C25H28N2. The van der Waals surface area contributed by atoms with Gasteiger partial charge in [-0.05, 0) is 73.1 Å². The van der Waals surface area contributed by atoms with Gasteiger partial charge in [0.05, 0.1) is 11.2 Å². The van der Waals surface area contributed by atoms with Gasteiger partial charge in [0.2, 0.25) is 0 Å². The van der Waals surface area contributed by atoms with Crippen molar-refractivity contribution in [1.29, 1.82) is 0 Å². The van der Waals surface area contributed by atoms with Gasteiger partial charge in [-0.25, -0.2) is 0 Å². The van der Waals surface area contributed by atoms with Crippen molar-refractivity contribution in [2.45, 2.75) is 64.2 Å². The highest BCUT2D eigenvalue weighted by molar-refractivity contribution is 5.96. The Morgan fingerprint density at radius 3 is 2.89 bits per heavy atom. The van der Waals surface area contributed by atoms with E-state index in [9.17, 15) is 0 Å². The van der Waals surface area contributed by atoms with Crippen molar-refractivity contribution in [2.75, 3.05) is 0 Å². The Morgan fingerprint density at radius 1 is 1.04 bits per heavy atom. The summed E-state index contributed by atoms with van der Waals surface area (Å²) >= 11 is 0. The molecule has 0 aromatic carbocycles. The van der Waals surface area contributed by atoms with Crippen LogP contribution in [0.4, 0.5) is 0 Å². The Labute approximate surface area is 161 Å². The fourth-order valence-electron chi connectivity index (χ4n) is 6.21. The molecule has 2 aromatic rings. The number of aryl methyl sites for hydroxylation is 1. The molecule has 2 heteroatoms. The first-order valence-electron chi connectivity index (χ1n) is 11.0. The molecule has 0 spiro atoms. The molecule has 0 amide bonds. The standard InChI is InChI=1S/C25H28N2/c1-2-5-17(4-1)14-18-8-11-23-20(15-18)10-9-19-6-3-7-21-22-16-26-13-12-24(22)27(23)25(19)21/h6,9-10,12-13,16-18H,1-5,7-8,11,14-15H2. The van der Waals surface area contributed by atoms with Gasteiger partial charge >= 0.3 is 0 Å². The van der Waals surface area contributed by atoms with E-state index < -0.39 is 0 Å². The second-order valence-corrected chi connectivity index (χ2v) is 9.05. The molecule has 1 saturated carbocycles. The predicted molar refractivity (Wildman–Crippen MR) is 112 cm³/mol. The molecule has 3 aliphatic carbocycles. The molecule has 2 aromatic heterocycles. The van der Waals surface area contributed by atoms with E-state index in [1.54, 1.807) is 11.3 Å². The van der Waals surface area contributed by atoms with Gasteiger partial charge < -0.3 is 4.57 Å². The van der Waals surface area contributed by atoms with Crippen LogP contribution in [0.25, 0.3) is 22.2 Å². The molecular weight excluding hydrogens is 328 g/mol. The van der Waals surface area contributed by atoms with Crippen molar-refractivity contribution in [2.24, 2.45) is 11.8 Å². The Balaban J connectivity index is 1.46. The van der Waals surface area contributed by atoms with Gasteiger partial charge in [0.1, 0.15) is 0 Å². The summed E-state index contributed by atoms with van der Waals surface area (Å²) in [6.45, 7) is 0. The molecule has 1 unspecified atom stereocenters. The van der Waals surface area contributed by atoms with E-state index in [4.69, 9.17) is 0 Å². The highest BCUT2D eigenvalue weighted by Crippen LogP contribution is 2.46. The average molecular weight is 357 g/mol. The zero-order chi connectivity index (χ0) is 17.8. The summed E-state index contributed by atoms with van der Waals surface area (Å²) in [6, 6.07) is 2.23. The number of fused-ring (bicyclic) bond motifs is 4. The summed E-state index contributed by atoms with van der Waals surface area (Å²) in [6.07, 6.45) is 24.9. The molecule has 27 heavy (non-hydrogen) atoms. The van der Waals surface area contributed by atoms with Crippen molar-refractivity contribution in [1.82, 2.24) is 9.55 Å². The zero-order valence-corrected chi connectivity index (χ0v) is 16.1. The Hall–Kier alpha value is -2.09. The number of nitrogens with zero attached hydrogens (tertiary/aromatic N) is 2. The third kappa shape index (κ3) is 2.49. The summed E-state index contributed by atoms with van der Waals surface area (Å²) in [7, 11) is 0. The second kappa shape index (κ2) is 6.22. The number of hydrogen-bond donors (Lipinski definition) is 0. The van der Waals surface area contributed by atoms with Crippen LogP contribution in [-0.2, 0) is 6.42 Å². The van der Waals surface area contributed by atoms with E-state index in [0.717, 1.165) is 24.7 Å². The molecule has 2 nitrogen and oxygen atoms in total. The fourth-order valence-corrected chi connectivity index (χ4v) is 6.21. The van der Waals surface area contributed by atoms with E-state index in [0.29, 0.717) is 0 Å². The maximum Gasteiger partial charge on any atom is 0.0567 e. The average Bonchev–Trinajstić information content (AvgIpc) is 3.28. The van der Waals surface area contributed by atoms with E-state index in [1.165, 1.54) is 79.1 Å². The normalized spacial score (nSPS) is 24.7. The minimum absolute atomic E-state index is 0.888. The number of allylic oxidation sites excluding steroid dienone is 6. The molecule has 0 N–H and O–H groups in total. The second-order valence-electron chi connectivity index (χ2n) is 9.05. The Kier molecular flexibility index (Phi) is 3.67.